The van der Waals surface area contributed by atoms with Crippen molar-refractivity contribution in [3.8, 4) is 0 Å². The van der Waals surface area contributed by atoms with Crippen molar-refractivity contribution in [3.05, 3.63) is 23.0 Å². The van der Waals surface area contributed by atoms with Gasteiger partial charge in [-0.15, -0.1) is 0 Å². The molecule has 0 bridgehead atoms. The molecule has 0 atom stereocenters. The summed E-state index contributed by atoms with van der Waals surface area (Å²) < 4.78 is 0. The van der Waals surface area contributed by atoms with Crippen LogP contribution in [0.15, 0.2) is 12.1 Å². The summed E-state index contributed by atoms with van der Waals surface area (Å²) in [5.41, 5.74) is 2.08. The Bertz CT molecular complexity index is 326. The van der Waals surface area contributed by atoms with Gasteiger partial charge in [0.15, 0.2) is 0 Å². The van der Waals surface area contributed by atoms with E-state index in [-0.39, 0.29) is 0 Å². The van der Waals surface area contributed by atoms with Crippen LogP contribution in [0.1, 0.15) is 51.1 Å². The van der Waals surface area contributed by atoms with E-state index in [1.54, 1.807) is 0 Å². The highest BCUT2D eigenvalue weighted by Crippen LogP contribution is 2.15. The first-order valence-corrected chi connectivity index (χ1v) is 6.99. The van der Waals surface area contributed by atoms with Gasteiger partial charge >= 0.3 is 0 Å². The van der Waals surface area contributed by atoms with Gasteiger partial charge in [-0.05, 0) is 25.5 Å². The Balaban J connectivity index is 2.14. The molecule has 0 saturated heterocycles. The van der Waals surface area contributed by atoms with Crippen molar-refractivity contribution in [2.75, 3.05) is 11.9 Å². The zero-order valence-electron chi connectivity index (χ0n) is 10.9. The topological polar surface area (TPSA) is 24.9 Å². The number of halogens is 1. The number of unbranched alkanes of at least 4 members (excludes halogenated alkanes) is 5. The van der Waals surface area contributed by atoms with Crippen molar-refractivity contribution >= 4 is 17.3 Å². The molecule has 1 N–H and O–H groups in total. The second kappa shape index (κ2) is 8.35. The number of nitrogens with zero attached hydrogens (tertiary/aromatic N) is 1. The van der Waals surface area contributed by atoms with Crippen LogP contribution >= 0.6 is 11.6 Å². The summed E-state index contributed by atoms with van der Waals surface area (Å²) in [6, 6.07) is 3.83. The molecule has 96 valence electrons. The third-order valence-corrected chi connectivity index (χ3v) is 3.11. The summed E-state index contributed by atoms with van der Waals surface area (Å²) in [5.74, 6) is 0. The Labute approximate surface area is 110 Å². The monoisotopic (exact) mass is 254 g/mol. The number of aromatic nitrogens is 1. The van der Waals surface area contributed by atoms with E-state index in [1.807, 2.05) is 19.1 Å². The van der Waals surface area contributed by atoms with Crippen molar-refractivity contribution in [1.82, 2.24) is 4.98 Å². The predicted octanol–water partition coefficient (Wildman–Crippen LogP) is 4.82. The quantitative estimate of drug-likeness (QED) is 0.532. The van der Waals surface area contributed by atoms with Gasteiger partial charge in [-0.25, -0.2) is 4.98 Å². The van der Waals surface area contributed by atoms with E-state index in [2.05, 4.69) is 17.2 Å². The molecule has 1 heterocycles. The first kappa shape index (κ1) is 14.3. The number of hydrogen-bond acceptors (Lipinski definition) is 2. The molecule has 0 unspecified atom stereocenters. The van der Waals surface area contributed by atoms with Crippen LogP contribution in [-0.4, -0.2) is 11.5 Å². The third kappa shape index (κ3) is 5.92. The number of hydrogen-bond donors (Lipinski definition) is 1. The number of pyridine rings is 1. The van der Waals surface area contributed by atoms with Crippen molar-refractivity contribution in [3.63, 3.8) is 0 Å². The lowest BCUT2D eigenvalue weighted by Gasteiger charge is -2.08. The average Bonchev–Trinajstić information content (AvgIpc) is 2.30. The zero-order chi connectivity index (χ0) is 12.5. The second-order valence-electron chi connectivity index (χ2n) is 4.46. The normalized spacial score (nSPS) is 10.5. The summed E-state index contributed by atoms with van der Waals surface area (Å²) in [6.45, 7) is 5.25. The SMILES string of the molecule is CCCCCCCCNc1ccc(Cl)nc1C. The van der Waals surface area contributed by atoms with Crippen molar-refractivity contribution in [1.29, 1.82) is 0 Å². The summed E-state index contributed by atoms with van der Waals surface area (Å²) in [7, 11) is 0. The Hall–Kier alpha value is -0.760. The summed E-state index contributed by atoms with van der Waals surface area (Å²) in [5, 5.41) is 3.97. The van der Waals surface area contributed by atoms with E-state index in [0.717, 1.165) is 17.9 Å². The minimum absolute atomic E-state index is 0.563. The zero-order valence-corrected chi connectivity index (χ0v) is 11.7. The van der Waals surface area contributed by atoms with Crippen LogP contribution in [0.4, 0.5) is 5.69 Å². The van der Waals surface area contributed by atoms with Crippen LogP contribution in [-0.2, 0) is 0 Å². The lowest BCUT2D eigenvalue weighted by atomic mass is 10.1. The highest BCUT2D eigenvalue weighted by atomic mass is 35.5. The number of aryl methyl sites for hydroxylation is 1. The van der Waals surface area contributed by atoms with Gasteiger partial charge in [0.25, 0.3) is 0 Å². The molecule has 0 saturated carbocycles. The number of rotatable bonds is 8. The maximum Gasteiger partial charge on any atom is 0.129 e. The molecule has 2 nitrogen and oxygen atoms in total. The molecule has 0 radical (unpaired) electrons. The van der Waals surface area contributed by atoms with Gasteiger partial charge in [-0.1, -0.05) is 50.6 Å². The van der Waals surface area contributed by atoms with E-state index in [4.69, 9.17) is 11.6 Å². The molecule has 0 aliphatic carbocycles. The summed E-state index contributed by atoms with van der Waals surface area (Å²) >= 11 is 5.81. The maximum atomic E-state index is 5.81. The number of anilines is 1. The molecule has 1 aromatic rings. The molecule has 0 aliphatic rings. The van der Waals surface area contributed by atoms with E-state index >= 15 is 0 Å². The second-order valence-corrected chi connectivity index (χ2v) is 4.85. The molecule has 0 amide bonds. The molecule has 0 aromatic carbocycles. The Morgan fingerprint density at radius 1 is 1.12 bits per heavy atom. The molecule has 3 heteroatoms. The number of nitrogens with one attached hydrogen (secondary N) is 1. The average molecular weight is 255 g/mol. The smallest absolute Gasteiger partial charge is 0.129 e. The third-order valence-electron chi connectivity index (χ3n) is 2.90. The fraction of sp³-hybridized carbons (Fsp3) is 0.643. The standard InChI is InChI=1S/C14H23ClN2/c1-3-4-5-6-7-8-11-16-13-9-10-14(15)17-12(13)2/h9-10,16H,3-8,11H2,1-2H3. The van der Waals surface area contributed by atoms with Crippen LogP contribution in [0.3, 0.4) is 0 Å². The first-order chi connectivity index (χ1) is 8.24. The Kier molecular flexibility index (Phi) is 7.02. The molecule has 1 rings (SSSR count). The van der Waals surface area contributed by atoms with Gasteiger partial charge in [0.2, 0.25) is 0 Å². The van der Waals surface area contributed by atoms with Crippen LogP contribution in [0.2, 0.25) is 5.15 Å². The minimum Gasteiger partial charge on any atom is -0.384 e. The lowest BCUT2D eigenvalue weighted by Crippen LogP contribution is -2.03. The van der Waals surface area contributed by atoms with E-state index in [1.165, 1.54) is 38.5 Å². The molecule has 0 spiro atoms. The van der Waals surface area contributed by atoms with Crippen LogP contribution in [0.25, 0.3) is 0 Å². The van der Waals surface area contributed by atoms with Crippen molar-refractivity contribution in [2.45, 2.75) is 52.4 Å². The molecular formula is C14H23ClN2. The van der Waals surface area contributed by atoms with Crippen LogP contribution in [0, 0.1) is 6.92 Å². The fourth-order valence-electron chi connectivity index (χ4n) is 1.85. The van der Waals surface area contributed by atoms with Crippen molar-refractivity contribution in [2.24, 2.45) is 0 Å². The summed E-state index contributed by atoms with van der Waals surface area (Å²) in [6.07, 6.45) is 7.95. The first-order valence-electron chi connectivity index (χ1n) is 6.61. The fourth-order valence-corrected chi connectivity index (χ4v) is 2.04. The van der Waals surface area contributed by atoms with Gasteiger partial charge in [0, 0.05) is 6.54 Å². The van der Waals surface area contributed by atoms with E-state index in [0.29, 0.717) is 5.15 Å². The predicted molar refractivity (Wildman–Crippen MR) is 75.8 cm³/mol. The molecule has 0 aliphatic heterocycles. The van der Waals surface area contributed by atoms with Gasteiger partial charge in [0.05, 0.1) is 11.4 Å². The largest absolute Gasteiger partial charge is 0.384 e. The van der Waals surface area contributed by atoms with E-state index < -0.39 is 0 Å². The highest BCUT2D eigenvalue weighted by molar-refractivity contribution is 6.29. The van der Waals surface area contributed by atoms with Gasteiger partial charge in [0.1, 0.15) is 5.15 Å². The molecule has 1 aromatic heterocycles. The van der Waals surface area contributed by atoms with Gasteiger partial charge < -0.3 is 5.32 Å². The lowest BCUT2D eigenvalue weighted by molar-refractivity contribution is 0.617. The molecular weight excluding hydrogens is 232 g/mol. The summed E-state index contributed by atoms with van der Waals surface area (Å²) in [4.78, 5) is 4.22. The maximum absolute atomic E-state index is 5.81. The van der Waals surface area contributed by atoms with Gasteiger partial charge in [-0.2, -0.15) is 0 Å². The van der Waals surface area contributed by atoms with Gasteiger partial charge in [-0.3, -0.25) is 0 Å². The van der Waals surface area contributed by atoms with Crippen LogP contribution in [0.5, 0.6) is 0 Å². The van der Waals surface area contributed by atoms with Crippen LogP contribution < -0.4 is 5.32 Å². The Morgan fingerprint density at radius 2 is 1.82 bits per heavy atom. The minimum atomic E-state index is 0.563. The molecule has 0 fully saturated rings. The highest BCUT2D eigenvalue weighted by Gasteiger charge is 1.99. The van der Waals surface area contributed by atoms with Crippen molar-refractivity contribution < 1.29 is 0 Å². The molecule has 17 heavy (non-hydrogen) atoms. The van der Waals surface area contributed by atoms with E-state index in [9.17, 15) is 0 Å². The Morgan fingerprint density at radius 3 is 2.53 bits per heavy atom.